The summed E-state index contributed by atoms with van der Waals surface area (Å²) < 4.78 is 10.4. The summed E-state index contributed by atoms with van der Waals surface area (Å²) in [6.07, 6.45) is 11.6. The highest BCUT2D eigenvalue weighted by Gasteiger charge is 2.05. The van der Waals surface area contributed by atoms with Crippen LogP contribution in [0.4, 0.5) is 0 Å². The van der Waals surface area contributed by atoms with E-state index in [1.165, 1.54) is 0 Å². The Bertz CT molecular complexity index is 155. The first-order valence-electron chi connectivity index (χ1n) is 3.95. The lowest BCUT2D eigenvalue weighted by Crippen LogP contribution is -2.17. The first kappa shape index (κ1) is 11.0. The van der Waals surface area contributed by atoms with E-state index in [0.29, 0.717) is 0 Å². The zero-order valence-corrected chi connectivity index (χ0v) is 7.38. The van der Waals surface area contributed by atoms with Crippen LogP contribution in [0.25, 0.3) is 0 Å². The van der Waals surface area contributed by atoms with Gasteiger partial charge >= 0.3 is 0 Å². The second-order valence-corrected chi connectivity index (χ2v) is 2.25. The molecule has 0 rings (SSSR count). The van der Waals surface area contributed by atoms with Crippen molar-refractivity contribution in [1.82, 2.24) is 0 Å². The Morgan fingerprint density at radius 1 is 1.17 bits per heavy atom. The zero-order valence-electron chi connectivity index (χ0n) is 7.38. The van der Waals surface area contributed by atoms with Gasteiger partial charge in [0, 0.05) is 0 Å². The molecule has 0 saturated heterocycles. The lowest BCUT2D eigenvalue weighted by atomic mass is 10.3. The Labute approximate surface area is 74.2 Å². The molecule has 12 heavy (non-hydrogen) atoms. The summed E-state index contributed by atoms with van der Waals surface area (Å²) in [6.45, 7) is 2.59. The molecule has 0 heterocycles. The van der Waals surface area contributed by atoms with Gasteiger partial charge in [0.15, 0.2) is 6.29 Å². The van der Waals surface area contributed by atoms with Crippen LogP contribution in [-0.4, -0.2) is 19.5 Å². The molecule has 0 saturated carbocycles. The third-order valence-electron chi connectivity index (χ3n) is 1.23. The molecule has 0 N–H and O–H groups in total. The first-order valence-corrected chi connectivity index (χ1v) is 3.95. The predicted octanol–water partition coefficient (Wildman–Crippen LogP) is 1.41. The predicted molar refractivity (Wildman–Crippen MR) is 48.3 cm³/mol. The summed E-state index contributed by atoms with van der Waals surface area (Å²) >= 11 is 0. The standard InChI is InChI=1S/C10H14O2/c1-4-7-10(11-8-5-2)12-9-6-3/h2-3,10H,4,7-9H2,1H3. The topological polar surface area (TPSA) is 18.5 Å². The Morgan fingerprint density at radius 2 is 1.67 bits per heavy atom. The quantitative estimate of drug-likeness (QED) is 0.439. The average molecular weight is 166 g/mol. The molecule has 0 aromatic carbocycles. The molecule has 0 aliphatic carbocycles. The minimum Gasteiger partial charge on any atom is -0.340 e. The normalized spacial score (nSPS) is 9.33. The van der Waals surface area contributed by atoms with Crippen molar-refractivity contribution in [1.29, 1.82) is 0 Å². The van der Waals surface area contributed by atoms with Gasteiger partial charge < -0.3 is 9.47 Å². The summed E-state index contributed by atoms with van der Waals surface area (Å²) in [5.41, 5.74) is 0. The molecular formula is C10H14O2. The van der Waals surface area contributed by atoms with Crippen molar-refractivity contribution in [3.8, 4) is 24.7 Å². The fourth-order valence-corrected chi connectivity index (χ4v) is 0.733. The van der Waals surface area contributed by atoms with Gasteiger partial charge in [0.05, 0.1) is 0 Å². The lowest BCUT2D eigenvalue weighted by Gasteiger charge is -2.14. The van der Waals surface area contributed by atoms with E-state index >= 15 is 0 Å². The minimum atomic E-state index is -0.248. The molecule has 0 fully saturated rings. The van der Waals surface area contributed by atoms with E-state index in [1.54, 1.807) is 0 Å². The highest BCUT2D eigenvalue weighted by molar-refractivity contribution is 4.84. The lowest BCUT2D eigenvalue weighted by molar-refractivity contribution is -0.127. The fourth-order valence-electron chi connectivity index (χ4n) is 0.733. The maximum Gasteiger partial charge on any atom is 0.160 e. The van der Waals surface area contributed by atoms with Gasteiger partial charge in [0.25, 0.3) is 0 Å². The smallest absolute Gasteiger partial charge is 0.160 e. The highest BCUT2D eigenvalue weighted by Crippen LogP contribution is 2.02. The van der Waals surface area contributed by atoms with Crippen molar-refractivity contribution in [2.75, 3.05) is 13.2 Å². The molecule has 0 aliphatic heterocycles. The molecular weight excluding hydrogens is 152 g/mol. The van der Waals surface area contributed by atoms with Crippen molar-refractivity contribution in [3.63, 3.8) is 0 Å². The van der Waals surface area contributed by atoms with Gasteiger partial charge in [-0.2, -0.15) is 0 Å². The summed E-state index contributed by atoms with van der Waals surface area (Å²) in [5, 5.41) is 0. The monoisotopic (exact) mass is 166 g/mol. The Morgan fingerprint density at radius 3 is 2.00 bits per heavy atom. The number of rotatable bonds is 6. The summed E-state index contributed by atoms with van der Waals surface area (Å²) in [7, 11) is 0. The summed E-state index contributed by atoms with van der Waals surface area (Å²) in [5.74, 6) is 4.76. The summed E-state index contributed by atoms with van der Waals surface area (Å²) in [6, 6.07) is 0. The van der Waals surface area contributed by atoms with Crippen molar-refractivity contribution in [2.24, 2.45) is 0 Å². The van der Waals surface area contributed by atoms with E-state index in [9.17, 15) is 0 Å². The van der Waals surface area contributed by atoms with Crippen molar-refractivity contribution >= 4 is 0 Å². The van der Waals surface area contributed by atoms with Crippen LogP contribution in [0.15, 0.2) is 0 Å². The molecule has 2 heteroatoms. The number of hydrogen-bond donors (Lipinski definition) is 0. The van der Waals surface area contributed by atoms with Crippen LogP contribution in [0.2, 0.25) is 0 Å². The molecule has 0 atom stereocenters. The maximum atomic E-state index is 5.18. The molecule has 0 unspecified atom stereocenters. The second-order valence-electron chi connectivity index (χ2n) is 2.25. The van der Waals surface area contributed by atoms with E-state index in [0.717, 1.165) is 12.8 Å². The molecule has 0 aromatic rings. The first-order chi connectivity index (χ1) is 5.85. The van der Waals surface area contributed by atoms with Crippen LogP contribution in [0.1, 0.15) is 19.8 Å². The Hall–Kier alpha value is -0.960. The van der Waals surface area contributed by atoms with Gasteiger partial charge in [-0.15, -0.1) is 12.8 Å². The second kappa shape index (κ2) is 8.14. The van der Waals surface area contributed by atoms with Gasteiger partial charge in [0.1, 0.15) is 13.2 Å². The Kier molecular flexibility index (Phi) is 7.49. The van der Waals surface area contributed by atoms with E-state index < -0.39 is 0 Å². The highest BCUT2D eigenvalue weighted by atomic mass is 16.7. The van der Waals surface area contributed by atoms with E-state index in [1.807, 2.05) is 6.92 Å². The van der Waals surface area contributed by atoms with E-state index in [4.69, 9.17) is 22.3 Å². The van der Waals surface area contributed by atoms with Crippen LogP contribution in [0.3, 0.4) is 0 Å². The van der Waals surface area contributed by atoms with Gasteiger partial charge in [-0.3, -0.25) is 0 Å². The SMILES string of the molecule is C#CCOC(CCC)OCC#C. The fraction of sp³-hybridized carbons (Fsp3) is 0.600. The van der Waals surface area contributed by atoms with Gasteiger partial charge in [-0.05, 0) is 6.42 Å². The average Bonchev–Trinajstić information content (AvgIpc) is 2.10. The van der Waals surface area contributed by atoms with Crippen molar-refractivity contribution in [2.45, 2.75) is 26.1 Å². The molecule has 0 aromatic heterocycles. The minimum absolute atomic E-state index is 0.248. The van der Waals surface area contributed by atoms with Crippen LogP contribution in [0, 0.1) is 24.7 Å². The number of hydrogen-bond acceptors (Lipinski definition) is 2. The summed E-state index contributed by atoms with van der Waals surface area (Å²) in [4.78, 5) is 0. The largest absolute Gasteiger partial charge is 0.340 e. The molecule has 66 valence electrons. The number of ether oxygens (including phenoxy) is 2. The van der Waals surface area contributed by atoms with Gasteiger partial charge in [-0.25, -0.2) is 0 Å². The van der Waals surface area contributed by atoms with E-state index in [2.05, 4.69) is 11.8 Å². The zero-order chi connectivity index (χ0) is 9.23. The van der Waals surface area contributed by atoms with Crippen molar-refractivity contribution < 1.29 is 9.47 Å². The van der Waals surface area contributed by atoms with Crippen LogP contribution < -0.4 is 0 Å². The molecule has 0 radical (unpaired) electrons. The molecule has 0 spiro atoms. The van der Waals surface area contributed by atoms with Crippen molar-refractivity contribution in [3.05, 3.63) is 0 Å². The maximum absolute atomic E-state index is 5.18. The van der Waals surface area contributed by atoms with Crippen LogP contribution >= 0.6 is 0 Å². The molecule has 2 nitrogen and oxygen atoms in total. The third kappa shape index (κ3) is 5.80. The van der Waals surface area contributed by atoms with E-state index in [-0.39, 0.29) is 19.5 Å². The molecule has 0 bridgehead atoms. The molecule has 0 aliphatic rings. The molecule has 0 amide bonds. The third-order valence-corrected chi connectivity index (χ3v) is 1.23. The van der Waals surface area contributed by atoms with Gasteiger partial charge in [0.2, 0.25) is 0 Å². The Balaban J connectivity index is 3.57. The van der Waals surface area contributed by atoms with Crippen LogP contribution in [-0.2, 0) is 9.47 Å². The van der Waals surface area contributed by atoms with Gasteiger partial charge in [-0.1, -0.05) is 25.2 Å². The van der Waals surface area contributed by atoms with Crippen LogP contribution in [0.5, 0.6) is 0 Å². The number of terminal acetylenes is 2.